The first kappa shape index (κ1) is 11.9. The summed E-state index contributed by atoms with van der Waals surface area (Å²) in [7, 11) is 0. The lowest BCUT2D eigenvalue weighted by molar-refractivity contribution is -0.117. The van der Waals surface area contributed by atoms with E-state index in [-0.39, 0.29) is 11.2 Å². The van der Waals surface area contributed by atoms with E-state index in [9.17, 15) is 4.79 Å². The molecule has 0 aliphatic rings. The first-order chi connectivity index (χ1) is 7.20. The summed E-state index contributed by atoms with van der Waals surface area (Å²) in [5.74, 6) is 1.34. The number of nitrogens with two attached hydrogens (primary N) is 1. The van der Waals surface area contributed by atoms with Crippen LogP contribution in [0.1, 0.15) is 6.92 Å². The quantitative estimate of drug-likeness (QED) is 0.749. The zero-order valence-electron chi connectivity index (χ0n) is 8.68. The smallest absolute Gasteiger partial charge is 0.230 e. The summed E-state index contributed by atoms with van der Waals surface area (Å²) in [5.41, 5.74) is 5.13. The minimum atomic E-state index is -0.278. The predicted molar refractivity (Wildman–Crippen MR) is 63.1 cm³/mol. The Bertz CT molecular complexity index is 303. The molecule has 0 radical (unpaired) electrons. The van der Waals surface area contributed by atoms with Crippen molar-refractivity contribution in [2.24, 2.45) is 5.73 Å². The van der Waals surface area contributed by atoms with Crippen LogP contribution in [0.3, 0.4) is 0 Å². The summed E-state index contributed by atoms with van der Waals surface area (Å²) >= 11 is 1.50. The zero-order chi connectivity index (χ0) is 11.1. The molecule has 0 aliphatic heterocycles. The Kier molecular flexibility index (Phi) is 5.04. The van der Waals surface area contributed by atoms with E-state index < -0.39 is 0 Å². The molecule has 1 atom stereocenters. The fraction of sp³-hybridized carbons (Fsp3) is 0.364. The van der Waals surface area contributed by atoms with Gasteiger partial charge < -0.3 is 10.5 Å². The molecule has 0 aromatic heterocycles. The second kappa shape index (κ2) is 6.35. The highest BCUT2D eigenvalue weighted by atomic mass is 32.2. The number of hydrogen-bond donors (Lipinski definition) is 1. The van der Waals surface area contributed by atoms with Gasteiger partial charge in [0.15, 0.2) is 0 Å². The number of rotatable bonds is 6. The second-order valence-electron chi connectivity index (χ2n) is 3.08. The van der Waals surface area contributed by atoms with Gasteiger partial charge in [-0.2, -0.15) is 0 Å². The van der Waals surface area contributed by atoms with Gasteiger partial charge in [0.1, 0.15) is 5.75 Å². The topological polar surface area (TPSA) is 52.3 Å². The third-order valence-corrected chi connectivity index (χ3v) is 3.00. The van der Waals surface area contributed by atoms with E-state index in [2.05, 4.69) is 0 Å². The molecule has 0 spiro atoms. The van der Waals surface area contributed by atoms with Crippen LogP contribution in [0.25, 0.3) is 0 Å². The van der Waals surface area contributed by atoms with Gasteiger partial charge in [0.25, 0.3) is 0 Å². The zero-order valence-corrected chi connectivity index (χ0v) is 9.50. The van der Waals surface area contributed by atoms with Gasteiger partial charge in [-0.3, -0.25) is 4.79 Å². The predicted octanol–water partition coefficient (Wildman–Crippen LogP) is 1.67. The number of para-hydroxylation sites is 1. The van der Waals surface area contributed by atoms with Gasteiger partial charge >= 0.3 is 0 Å². The van der Waals surface area contributed by atoms with E-state index in [1.807, 2.05) is 30.3 Å². The van der Waals surface area contributed by atoms with Crippen molar-refractivity contribution in [2.45, 2.75) is 12.2 Å². The normalized spacial score (nSPS) is 12.1. The Hall–Kier alpha value is -1.16. The van der Waals surface area contributed by atoms with Crippen LogP contribution in [0, 0.1) is 0 Å². The minimum absolute atomic E-state index is 0.149. The summed E-state index contributed by atoms with van der Waals surface area (Å²) in [6.07, 6.45) is 0. The van der Waals surface area contributed by atoms with Gasteiger partial charge in [0.2, 0.25) is 5.91 Å². The number of thioether (sulfide) groups is 1. The van der Waals surface area contributed by atoms with Crippen molar-refractivity contribution in [2.75, 3.05) is 12.4 Å². The average molecular weight is 225 g/mol. The lowest BCUT2D eigenvalue weighted by Crippen LogP contribution is -2.23. The van der Waals surface area contributed by atoms with Crippen molar-refractivity contribution in [3.8, 4) is 5.75 Å². The van der Waals surface area contributed by atoms with Crippen LogP contribution < -0.4 is 10.5 Å². The second-order valence-corrected chi connectivity index (χ2v) is 4.53. The van der Waals surface area contributed by atoms with E-state index in [1.165, 1.54) is 11.8 Å². The summed E-state index contributed by atoms with van der Waals surface area (Å²) in [6.45, 7) is 2.39. The summed E-state index contributed by atoms with van der Waals surface area (Å²) in [5, 5.41) is -0.149. The Morgan fingerprint density at radius 1 is 1.47 bits per heavy atom. The van der Waals surface area contributed by atoms with Crippen molar-refractivity contribution >= 4 is 17.7 Å². The van der Waals surface area contributed by atoms with Crippen LogP contribution in [-0.2, 0) is 4.79 Å². The molecule has 3 nitrogen and oxygen atoms in total. The maximum Gasteiger partial charge on any atom is 0.230 e. The standard InChI is InChI=1S/C11H15NO2S/c1-9(11(12)13)15-8-7-14-10-5-3-2-4-6-10/h2-6,9H,7-8H2,1H3,(H2,12,13)/t9-/m0/s1. The fourth-order valence-electron chi connectivity index (χ4n) is 0.983. The number of benzene rings is 1. The van der Waals surface area contributed by atoms with E-state index in [1.54, 1.807) is 6.92 Å². The molecule has 0 unspecified atom stereocenters. The largest absolute Gasteiger partial charge is 0.493 e. The van der Waals surface area contributed by atoms with Crippen LogP contribution in [0.15, 0.2) is 30.3 Å². The van der Waals surface area contributed by atoms with E-state index in [4.69, 9.17) is 10.5 Å². The molecule has 82 valence electrons. The Labute approximate surface area is 94.0 Å². The first-order valence-corrected chi connectivity index (χ1v) is 5.84. The molecular weight excluding hydrogens is 210 g/mol. The Morgan fingerprint density at radius 3 is 2.73 bits per heavy atom. The van der Waals surface area contributed by atoms with Gasteiger partial charge in [-0.15, -0.1) is 11.8 Å². The van der Waals surface area contributed by atoms with Gasteiger partial charge in [0, 0.05) is 5.75 Å². The summed E-state index contributed by atoms with van der Waals surface area (Å²) in [6, 6.07) is 9.60. The molecule has 0 aliphatic carbocycles. The van der Waals surface area contributed by atoms with E-state index >= 15 is 0 Å². The lowest BCUT2D eigenvalue weighted by Gasteiger charge is -2.08. The van der Waals surface area contributed by atoms with Gasteiger partial charge in [-0.05, 0) is 19.1 Å². The van der Waals surface area contributed by atoms with Crippen LogP contribution in [0.2, 0.25) is 0 Å². The van der Waals surface area contributed by atoms with Gasteiger partial charge in [-0.1, -0.05) is 18.2 Å². The number of amides is 1. The van der Waals surface area contributed by atoms with Crippen molar-refractivity contribution in [3.05, 3.63) is 30.3 Å². The highest BCUT2D eigenvalue weighted by Crippen LogP contribution is 2.12. The molecule has 1 amide bonds. The number of carbonyl (C=O) groups excluding carboxylic acids is 1. The van der Waals surface area contributed by atoms with Crippen molar-refractivity contribution < 1.29 is 9.53 Å². The molecule has 15 heavy (non-hydrogen) atoms. The van der Waals surface area contributed by atoms with E-state index in [0.29, 0.717) is 6.61 Å². The van der Waals surface area contributed by atoms with Crippen LogP contribution in [0.4, 0.5) is 0 Å². The SMILES string of the molecule is C[C@H](SCCOc1ccccc1)C(N)=O. The molecule has 1 aromatic carbocycles. The molecule has 4 heteroatoms. The summed E-state index contributed by atoms with van der Waals surface area (Å²) in [4.78, 5) is 10.7. The van der Waals surface area contributed by atoms with Crippen molar-refractivity contribution in [1.29, 1.82) is 0 Å². The van der Waals surface area contributed by atoms with Crippen LogP contribution >= 0.6 is 11.8 Å². The maximum atomic E-state index is 10.7. The highest BCUT2D eigenvalue weighted by Gasteiger charge is 2.07. The molecule has 0 saturated carbocycles. The Balaban J connectivity index is 2.15. The minimum Gasteiger partial charge on any atom is -0.493 e. The Morgan fingerprint density at radius 2 is 2.13 bits per heavy atom. The molecule has 0 bridgehead atoms. The third kappa shape index (κ3) is 4.74. The lowest BCUT2D eigenvalue weighted by atomic mass is 10.3. The summed E-state index contributed by atoms with van der Waals surface area (Å²) < 4.78 is 5.46. The molecular formula is C11H15NO2S. The molecule has 0 heterocycles. The van der Waals surface area contributed by atoms with Crippen LogP contribution in [-0.4, -0.2) is 23.5 Å². The van der Waals surface area contributed by atoms with Crippen molar-refractivity contribution in [3.63, 3.8) is 0 Å². The molecule has 1 aromatic rings. The number of hydrogen-bond acceptors (Lipinski definition) is 3. The molecule has 0 fully saturated rings. The number of primary amides is 1. The fourth-order valence-corrected chi connectivity index (χ4v) is 1.68. The molecule has 1 rings (SSSR count). The molecule has 0 saturated heterocycles. The van der Waals surface area contributed by atoms with E-state index in [0.717, 1.165) is 11.5 Å². The van der Waals surface area contributed by atoms with Gasteiger partial charge in [-0.25, -0.2) is 0 Å². The first-order valence-electron chi connectivity index (χ1n) is 4.79. The number of carbonyl (C=O) groups is 1. The monoisotopic (exact) mass is 225 g/mol. The van der Waals surface area contributed by atoms with Crippen LogP contribution in [0.5, 0.6) is 5.75 Å². The van der Waals surface area contributed by atoms with Crippen molar-refractivity contribution in [1.82, 2.24) is 0 Å². The van der Waals surface area contributed by atoms with Gasteiger partial charge in [0.05, 0.1) is 11.9 Å². The third-order valence-electron chi connectivity index (χ3n) is 1.86. The molecule has 2 N–H and O–H groups in total. The maximum absolute atomic E-state index is 10.7. The highest BCUT2D eigenvalue weighted by molar-refractivity contribution is 8.00. The number of ether oxygens (including phenoxy) is 1. The average Bonchev–Trinajstić information content (AvgIpc) is 2.25.